The second kappa shape index (κ2) is 7.95. The summed E-state index contributed by atoms with van der Waals surface area (Å²) in [5, 5.41) is 11.0. The van der Waals surface area contributed by atoms with Crippen LogP contribution in [-0.2, 0) is 10.8 Å². The van der Waals surface area contributed by atoms with Gasteiger partial charge in [-0.05, 0) is 59.1 Å². The zero-order chi connectivity index (χ0) is 20.6. The lowest BCUT2D eigenvalue weighted by atomic mass is 9.58. The number of phenols is 1. The molecule has 1 aromatic carbocycles. The molecular formula is C25H42O. The molecule has 0 aliphatic rings. The van der Waals surface area contributed by atoms with Crippen molar-refractivity contribution in [3.8, 4) is 5.75 Å². The molecule has 0 atom stereocenters. The molecule has 1 rings (SSSR count). The van der Waals surface area contributed by atoms with Crippen molar-refractivity contribution in [2.24, 2.45) is 17.8 Å². The zero-order valence-corrected chi connectivity index (χ0v) is 19.3. The van der Waals surface area contributed by atoms with Crippen LogP contribution in [0.1, 0.15) is 104 Å². The number of rotatable bonds is 6. The van der Waals surface area contributed by atoms with E-state index in [1.54, 1.807) is 0 Å². The van der Waals surface area contributed by atoms with Crippen LogP contribution in [0.3, 0.4) is 0 Å². The first-order valence-corrected chi connectivity index (χ1v) is 10.3. The Bertz CT molecular complexity index is 604. The lowest BCUT2D eigenvalue weighted by molar-refractivity contribution is 0.240. The van der Waals surface area contributed by atoms with E-state index in [0.29, 0.717) is 29.4 Å². The number of benzene rings is 1. The molecule has 1 heteroatoms. The van der Waals surface area contributed by atoms with Gasteiger partial charge in [-0.25, -0.2) is 0 Å². The van der Waals surface area contributed by atoms with Gasteiger partial charge in [-0.15, -0.1) is 0 Å². The summed E-state index contributed by atoms with van der Waals surface area (Å²) in [6, 6.07) is 2.25. The minimum Gasteiger partial charge on any atom is -0.507 e. The summed E-state index contributed by atoms with van der Waals surface area (Å²) in [7, 11) is 0. The molecular weight excluding hydrogens is 316 g/mol. The molecule has 0 aromatic heterocycles. The van der Waals surface area contributed by atoms with Gasteiger partial charge in [-0.3, -0.25) is 0 Å². The van der Waals surface area contributed by atoms with E-state index in [1.807, 2.05) is 6.92 Å². The molecule has 0 aliphatic heterocycles. The standard InChI is InChI=1S/C25H42O/c1-15(2)14-25(17(5)6,18(7)8)20-13-19(9)23(26)22(24(10,11)12)21(20)16(3)4/h13,15-18,26H,1-12H3. The molecule has 0 bridgehead atoms. The predicted octanol–water partition coefficient (Wildman–Crippen LogP) is 7.41. The lowest BCUT2D eigenvalue weighted by Gasteiger charge is -2.46. The molecule has 1 aromatic rings. The summed E-state index contributed by atoms with van der Waals surface area (Å²) in [5.74, 6) is 2.05. The Balaban J connectivity index is 4.08. The van der Waals surface area contributed by atoms with Crippen LogP contribution in [0.5, 0.6) is 5.75 Å². The summed E-state index contributed by atoms with van der Waals surface area (Å²) < 4.78 is 0. The van der Waals surface area contributed by atoms with Gasteiger partial charge in [-0.1, -0.05) is 82.2 Å². The third-order valence-electron chi connectivity index (χ3n) is 5.65. The van der Waals surface area contributed by atoms with Gasteiger partial charge in [0.25, 0.3) is 0 Å². The molecule has 0 aliphatic carbocycles. The van der Waals surface area contributed by atoms with Crippen molar-refractivity contribution in [2.75, 3.05) is 0 Å². The van der Waals surface area contributed by atoms with Gasteiger partial charge in [0.05, 0.1) is 0 Å². The Morgan fingerprint density at radius 1 is 0.885 bits per heavy atom. The van der Waals surface area contributed by atoms with Gasteiger partial charge in [-0.2, -0.15) is 0 Å². The third kappa shape index (κ3) is 4.12. The van der Waals surface area contributed by atoms with E-state index in [4.69, 9.17) is 0 Å². The van der Waals surface area contributed by atoms with Crippen LogP contribution in [0.15, 0.2) is 6.07 Å². The Hall–Kier alpha value is -0.980. The molecule has 0 saturated heterocycles. The van der Waals surface area contributed by atoms with Crippen LogP contribution in [0, 0.1) is 31.1 Å². The maximum absolute atomic E-state index is 11.0. The van der Waals surface area contributed by atoms with Crippen molar-refractivity contribution in [2.45, 2.75) is 99.8 Å². The number of hydrogen-bond donors (Lipinski definition) is 1. The highest BCUT2D eigenvalue weighted by molar-refractivity contribution is 5.57. The van der Waals surface area contributed by atoms with Crippen LogP contribution in [0.4, 0.5) is 0 Å². The average Bonchev–Trinajstić information content (AvgIpc) is 2.44. The van der Waals surface area contributed by atoms with E-state index < -0.39 is 0 Å². The fourth-order valence-corrected chi connectivity index (χ4v) is 4.70. The fraction of sp³-hybridized carbons (Fsp3) is 0.720. The van der Waals surface area contributed by atoms with Crippen LogP contribution in [-0.4, -0.2) is 5.11 Å². The fourth-order valence-electron chi connectivity index (χ4n) is 4.70. The number of phenolic OH excluding ortho intramolecular Hbond substituents is 1. The number of hydrogen-bond acceptors (Lipinski definition) is 1. The van der Waals surface area contributed by atoms with Crippen LogP contribution >= 0.6 is 0 Å². The largest absolute Gasteiger partial charge is 0.507 e. The molecule has 0 unspecified atom stereocenters. The van der Waals surface area contributed by atoms with E-state index >= 15 is 0 Å². The Labute approximate surface area is 163 Å². The molecule has 148 valence electrons. The van der Waals surface area contributed by atoms with Gasteiger partial charge >= 0.3 is 0 Å². The first kappa shape index (κ1) is 23.1. The summed E-state index contributed by atoms with van der Waals surface area (Å²) in [6.45, 7) is 26.9. The highest BCUT2D eigenvalue weighted by Gasteiger charge is 2.43. The van der Waals surface area contributed by atoms with E-state index in [9.17, 15) is 5.11 Å². The highest BCUT2D eigenvalue weighted by Crippen LogP contribution is 2.51. The predicted molar refractivity (Wildman–Crippen MR) is 115 cm³/mol. The van der Waals surface area contributed by atoms with Gasteiger partial charge in [0.1, 0.15) is 5.75 Å². The smallest absolute Gasteiger partial charge is 0.122 e. The molecule has 1 nitrogen and oxygen atoms in total. The third-order valence-corrected chi connectivity index (χ3v) is 5.65. The Morgan fingerprint density at radius 3 is 1.65 bits per heavy atom. The number of aryl methyl sites for hydroxylation is 1. The molecule has 0 fully saturated rings. The quantitative estimate of drug-likeness (QED) is 0.561. The zero-order valence-electron chi connectivity index (χ0n) is 19.3. The molecule has 1 N–H and O–H groups in total. The minimum atomic E-state index is -0.133. The van der Waals surface area contributed by atoms with Crippen molar-refractivity contribution in [3.05, 3.63) is 34.7 Å². The maximum atomic E-state index is 11.0. The second-order valence-corrected chi connectivity index (χ2v) is 10.3. The summed E-state index contributed by atoms with van der Waals surface area (Å²) >= 11 is 0. The second-order valence-electron chi connectivity index (χ2n) is 10.3. The van der Waals surface area contributed by atoms with Gasteiger partial charge in [0, 0.05) is 11.0 Å². The maximum Gasteiger partial charge on any atom is 0.122 e. The average molecular weight is 359 g/mol. The highest BCUT2D eigenvalue weighted by atomic mass is 16.3. The molecule has 0 saturated carbocycles. The first-order chi connectivity index (χ1) is 11.7. The Kier molecular flexibility index (Phi) is 7.05. The molecule has 0 spiro atoms. The summed E-state index contributed by atoms with van der Waals surface area (Å²) in [6.07, 6.45) is 3.95. The molecule has 26 heavy (non-hydrogen) atoms. The lowest BCUT2D eigenvalue weighted by Crippen LogP contribution is -2.41. The van der Waals surface area contributed by atoms with Crippen molar-refractivity contribution in [3.63, 3.8) is 0 Å². The van der Waals surface area contributed by atoms with Crippen molar-refractivity contribution < 1.29 is 5.11 Å². The van der Waals surface area contributed by atoms with Crippen molar-refractivity contribution in [1.82, 2.24) is 0 Å². The van der Waals surface area contributed by atoms with Gasteiger partial charge in [0.15, 0.2) is 0 Å². The van der Waals surface area contributed by atoms with E-state index in [-0.39, 0.29) is 10.8 Å². The van der Waals surface area contributed by atoms with Gasteiger partial charge in [0.2, 0.25) is 0 Å². The topological polar surface area (TPSA) is 20.2 Å². The van der Waals surface area contributed by atoms with Crippen molar-refractivity contribution in [1.29, 1.82) is 0 Å². The molecule has 0 amide bonds. The van der Waals surface area contributed by atoms with Crippen LogP contribution in [0.2, 0.25) is 0 Å². The van der Waals surface area contributed by atoms with Crippen LogP contribution in [0.25, 0.3) is 0 Å². The van der Waals surface area contributed by atoms with Gasteiger partial charge < -0.3 is 5.11 Å². The molecule has 0 heterocycles. The summed E-state index contributed by atoms with van der Waals surface area (Å²) in [4.78, 5) is 0. The monoisotopic (exact) mass is 358 g/mol. The van der Waals surface area contributed by atoms with Crippen LogP contribution < -0.4 is 0 Å². The SMILES string of the molecule is Cc1cc(C([C]C(C)C)(C(C)C)C(C)C)c(C(C)C)c(C(C)(C)C)c1O. The Morgan fingerprint density at radius 2 is 1.35 bits per heavy atom. The van der Waals surface area contributed by atoms with E-state index in [0.717, 1.165) is 11.1 Å². The number of aromatic hydroxyl groups is 1. The molecule has 2 radical (unpaired) electrons. The normalized spacial score (nSPS) is 13.5. The summed E-state index contributed by atoms with van der Waals surface area (Å²) in [5.41, 5.74) is 4.53. The van der Waals surface area contributed by atoms with E-state index in [1.165, 1.54) is 11.1 Å². The van der Waals surface area contributed by atoms with E-state index in [2.05, 4.69) is 88.6 Å². The van der Waals surface area contributed by atoms with Crippen molar-refractivity contribution >= 4 is 0 Å². The minimum absolute atomic E-state index is 0.109. The first-order valence-electron chi connectivity index (χ1n) is 10.3.